The lowest BCUT2D eigenvalue weighted by Crippen LogP contribution is -2.28. The molecule has 0 spiro atoms. The monoisotopic (exact) mass is 464 g/mol. The van der Waals surface area contributed by atoms with Gasteiger partial charge in [0.1, 0.15) is 11.4 Å². The molecular formula is C27H32N2O5. The Balaban J connectivity index is 1.74. The number of aromatic nitrogens is 1. The second kappa shape index (κ2) is 9.91. The summed E-state index contributed by atoms with van der Waals surface area (Å²) >= 11 is 0. The maximum absolute atomic E-state index is 11.0. The van der Waals surface area contributed by atoms with Crippen LogP contribution in [0.3, 0.4) is 0 Å². The van der Waals surface area contributed by atoms with Crippen molar-refractivity contribution < 1.29 is 24.1 Å². The highest BCUT2D eigenvalue weighted by Gasteiger charge is 2.43. The van der Waals surface area contributed by atoms with E-state index in [9.17, 15) is 5.11 Å². The van der Waals surface area contributed by atoms with Crippen LogP contribution in [-0.4, -0.2) is 50.4 Å². The van der Waals surface area contributed by atoms with Crippen molar-refractivity contribution in [2.45, 2.75) is 31.6 Å². The molecule has 0 aliphatic carbocycles. The highest BCUT2D eigenvalue weighted by atomic mass is 16.5. The first kappa shape index (κ1) is 23.9. The number of rotatable bonds is 9. The average Bonchev–Trinajstić information content (AvgIpc) is 3.24. The van der Waals surface area contributed by atoms with Gasteiger partial charge in [0.05, 0.1) is 33.6 Å². The molecule has 180 valence electrons. The van der Waals surface area contributed by atoms with Crippen molar-refractivity contribution in [1.29, 1.82) is 0 Å². The summed E-state index contributed by atoms with van der Waals surface area (Å²) < 4.78 is 23.1. The van der Waals surface area contributed by atoms with E-state index in [0.29, 0.717) is 48.9 Å². The van der Waals surface area contributed by atoms with Gasteiger partial charge in [-0.25, -0.2) is 0 Å². The van der Waals surface area contributed by atoms with Crippen molar-refractivity contribution >= 4 is 0 Å². The molecule has 1 aromatic heterocycles. The van der Waals surface area contributed by atoms with E-state index in [0.717, 1.165) is 22.3 Å². The third kappa shape index (κ3) is 4.29. The van der Waals surface area contributed by atoms with E-state index in [1.807, 2.05) is 55.5 Å². The summed E-state index contributed by atoms with van der Waals surface area (Å²) in [6.45, 7) is 0.886. The molecule has 0 radical (unpaired) electrons. The maximum atomic E-state index is 11.0. The molecule has 1 N–H and O–H groups in total. The average molecular weight is 465 g/mol. The number of nitrogens with zero attached hydrogens (tertiary/aromatic N) is 2. The Labute approximate surface area is 200 Å². The van der Waals surface area contributed by atoms with Crippen LogP contribution in [0, 0.1) is 0 Å². The predicted octanol–water partition coefficient (Wildman–Crippen LogP) is 4.28. The molecule has 7 heteroatoms. The summed E-state index contributed by atoms with van der Waals surface area (Å²) in [6, 6.07) is 14.1. The third-order valence-corrected chi connectivity index (χ3v) is 6.33. The first-order valence-electron chi connectivity index (χ1n) is 11.3. The van der Waals surface area contributed by atoms with Crippen LogP contribution in [0.15, 0.2) is 48.7 Å². The van der Waals surface area contributed by atoms with Crippen LogP contribution in [0.5, 0.6) is 23.0 Å². The van der Waals surface area contributed by atoms with Gasteiger partial charge in [-0.1, -0.05) is 30.3 Å². The van der Waals surface area contributed by atoms with Crippen LogP contribution in [0.25, 0.3) is 0 Å². The van der Waals surface area contributed by atoms with Gasteiger partial charge in [0, 0.05) is 23.9 Å². The minimum Gasteiger partial charge on any atom is -0.506 e. The van der Waals surface area contributed by atoms with E-state index in [4.69, 9.17) is 18.9 Å². The predicted molar refractivity (Wildman–Crippen MR) is 130 cm³/mol. The Morgan fingerprint density at radius 1 is 1.03 bits per heavy atom. The first-order chi connectivity index (χ1) is 16.4. The number of hydrogen-bond donors (Lipinski definition) is 1. The summed E-state index contributed by atoms with van der Waals surface area (Å²) in [7, 11) is 8.73. The van der Waals surface area contributed by atoms with Crippen molar-refractivity contribution in [2.75, 3.05) is 35.4 Å². The molecule has 1 aliphatic heterocycles. The van der Waals surface area contributed by atoms with Gasteiger partial charge in [-0.15, -0.1) is 0 Å². The van der Waals surface area contributed by atoms with Gasteiger partial charge in [-0.05, 0) is 50.2 Å². The quantitative estimate of drug-likeness (QED) is 0.507. The van der Waals surface area contributed by atoms with Gasteiger partial charge in [-0.3, -0.25) is 4.98 Å². The number of pyridine rings is 1. The Kier molecular flexibility index (Phi) is 6.95. The molecule has 0 amide bonds. The molecule has 0 saturated heterocycles. The lowest BCUT2D eigenvalue weighted by Gasteiger charge is -2.30. The molecule has 1 atom stereocenters. The normalized spacial score (nSPS) is 17.0. The van der Waals surface area contributed by atoms with Crippen LogP contribution >= 0.6 is 0 Å². The van der Waals surface area contributed by atoms with Crippen molar-refractivity contribution in [3.05, 3.63) is 76.6 Å². The van der Waals surface area contributed by atoms with Gasteiger partial charge in [0.2, 0.25) is 5.75 Å². The highest BCUT2D eigenvalue weighted by molar-refractivity contribution is 5.54. The van der Waals surface area contributed by atoms with Gasteiger partial charge < -0.3 is 29.0 Å². The molecule has 7 nitrogen and oxygen atoms in total. The van der Waals surface area contributed by atoms with Crippen molar-refractivity contribution in [3.63, 3.8) is 0 Å². The zero-order valence-corrected chi connectivity index (χ0v) is 20.4. The van der Waals surface area contributed by atoms with Crippen molar-refractivity contribution in [1.82, 2.24) is 9.88 Å². The van der Waals surface area contributed by atoms with Gasteiger partial charge in [-0.2, -0.15) is 0 Å². The highest BCUT2D eigenvalue weighted by Crippen LogP contribution is 2.48. The topological polar surface area (TPSA) is 73.3 Å². The van der Waals surface area contributed by atoms with Crippen LogP contribution in [-0.2, 0) is 29.9 Å². The molecule has 2 heterocycles. The fourth-order valence-corrected chi connectivity index (χ4v) is 4.66. The van der Waals surface area contributed by atoms with E-state index in [-0.39, 0.29) is 5.75 Å². The molecule has 3 aromatic rings. The summed E-state index contributed by atoms with van der Waals surface area (Å²) in [5, 5.41) is 11.0. The van der Waals surface area contributed by atoms with Crippen LogP contribution in [0.4, 0.5) is 0 Å². The van der Waals surface area contributed by atoms with Crippen molar-refractivity contribution in [2.24, 2.45) is 0 Å². The summed E-state index contributed by atoms with van der Waals surface area (Å²) in [6.07, 6.45) is 3.20. The molecule has 34 heavy (non-hydrogen) atoms. The lowest BCUT2D eigenvalue weighted by atomic mass is 9.81. The maximum Gasteiger partial charge on any atom is 0.203 e. The second-order valence-corrected chi connectivity index (χ2v) is 8.70. The number of hydrogen-bond acceptors (Lipinski definition) is 7. The van der Waals surface area contributed by atoms with Gasteiger partial charge >= 0.3 is 0 Å². The van der Waals surface area contributed by atoms with E-state index in [1.54, 1.807) is 21.3 Å². The van der Waals surface area contributed by atoms with E-state index < -0.39 is 5.60 Å². The minimum atomic E-state index is -0.724. The Bertz CT molecular complexity index is 1120. The molecule has 4 rings (SSSR count). The standard InChI is InChI=1S/C27H32N2O5/c1-29(2)16-22-25(30)20-17-34-27(21(20)15-28-22,19-9-7-6-8-10-19)12-11-18-13-23(31-3)26(33-5)24(14-18)32-4/h6-10,13-15,30H,11-12,16-17H2,1-5H3. The zero-order chi connectivity index (χ0) is 24.3. The SMILES string of the molecule is COc1cc(CCC2(c3ccccc3)OCc3c2cnc(CN(C)C)c3O)cc(OC)c1OC. The molecule has 0 bridgehead atoms. The number of fused-ring (bicyclic) bond motifs is 1. The Morgan fingerprint density at radius 2 is 1.71 bits per heavy atom. The minimum absolute atomic E-state index is 0.219. The number of aryl methyl sites for hydroxylation is 1. The van der Waals surface area contributed by atoms with Crippen LogP contribution in [0.1, 0.15) is 34.4 Å². The van der Waals surface area contributed by atoms with E-state index in [1.165, 1.54) is 0 Å². The Hall–Kier alpha value is -3.29. The smallest absolute Gasteiger partial charge is 0.203 e. The summed E-state index contributed by atoms with van der Waals surface area (Å²) in [5.74, 6) is 2.02. The van der Waals surface area contributed by atoms with Gasteiger partial charge in [0.25, 0.3) is 0 Å². The van der Waals surface area contributed by atoms with Gasteiger partial charge in [0.15, 0.2) is 11.5 Å². The van der Waals surface area contributed by atoms with Crippen LogP contribution in [0.2, 0.25) is 0 Å². The molecule has 1 aliphatic rings. The number of methoxy groups -OCH3 is 3. The molecular weight excluding hydrogens is 432 g/mol. The number of ether oxygens (including phenoxy) is 4. The summed E-state index contributed by atoms with van der Waals surface area (Å²) in [4.78, 5) is 6.60. The number of aromatic hydroxyl groups is 1. The largest absolute Gasteiger partial charge is 0.506 e. The fraction of sp³-hybridized carbons (Fsp3) is 0.370. The fourth-order valence-electron chi connectivity index (χ4n) is 4.66. The third-order valence-electron chi connectivity index (χ3n) is 6.33. The zero-order valence-electron chi connectivity index (χ0n) is 20.4. The summed E-state index contributed by atoms with van der Waals surface area (Å²) in [5.41, 5.74) is 3.71. The van der Waals surface area contributed by atoms with E-state index >= 15 is 0 Å². The molecule has 1 unspecified atom stereocenters. The molecule has 0 fully saturated rings. The van der Waals surface area contributed by atoms with Crippen molar-refractivity contribution in [3.8, 4) is 23.0 Å². The number of benzene rings is 2. The Morgan fingerprint density at radius 3 is 2.29 bits per heavy atom. The molecule has 0 saturated carbocycles. The lowest BCUT2D eigenvalue weighted by molar-refractivity contribution is -0.0117. The van der Waals surface area contributed by atoms with Crippen LogP contribution < -0.4 is 14.2 Å². The molecule has 2 aromatic carbocycles. The first-order valence-corrected chi connectivity index (χ1v) is 11.3. The van der Waals surface area contributed by atoms with E-state index in [2.05, 4.69) is 17.1 Å². The second-order valence-electron chi connectivity index (χ2n) is 8.70.